The van der Waals surface area contributed by atoms with Gasteiger partial charge in [-0.3, -0.25) is 4.79 Å². The molecule has 5 heterocycles. The van der Waals surface area contributed by atoms with Crippen LogP contribution in [0.4, 0.5) is 5.69 Å². The molecule has 0 unspecified atom stereocenters. The van der Waals surface area contributed by atoms with Crippen molar-refractivity contribution < 1.29 is 14.3 Å². The third-order valence-corrected chi connectivity index (χ3v) is 7.80. The molecule has 2 aliphatic rings. The first-order valence-electron chi connectivity index (χ1n) is 12.2. The van der Waals surface area contributed by atoms with E-state index in [4.69, 9.17) is 19.4 Å². The lowest BCUT2D eigenvalue weighted by molar-refractivity contribution is -0.0390. The Morgan fingerprint density at radius 1 is 1.22 bits per heavy atom. The van der Waals surface area contributed by atoms with Gasteiger partial charge in [0, 0.05) is 53.0 Å². The monoisotopic (exact) mass is 501 g/mol. The molecule has 8 nitrogen and oxygen atoms in total. The second-order valence-corrected chi connectivity index (χ2v) is 10.2. The predicted octanol–water partition coefficient (Wildman–Crippen LogP) is 4.79. The van der Waals surface area contributed by atoms with E-state index in [0.717, 1.165) is 69.7 Å². The molecule has 36 heavy (non-hydrogen) atoms. The molecule has 1 aromatic carbocycles. The first kappa shape index (κ1) is 23.0. The number of pyridine rings is 1. The first-order valence-corrected chi connectivity index (χ1v) is 13.0. The molecule has 1 fully saturated rings. The topological polar surface area (TPSA) is 98.3 Å². The molecule has 6 rings (SSSR count). The van der Waals surface area contributed by atoms with E-state index in [1.165, 1.54) is 11.3 Å². The average Bonchev–Trinajstić information content (AvgIpc) is 3.23. The zero-order valence-corrected chi connectivity index (χ0v) is 20.9. The third kappa shape index (κ3) is 4.23. The normalized spacial score (nSPS) is 18.5. The summed E-state index contributed by atoms with van der Waals surface area (Å²) in [5.41, 5.74) is 4.11. The van der Waals surface area contributed by atoms with Gasteiger partial charge < -0.3 is 20.1 Å². The van der Waals surface area contributed by atoms with Crippen LogP contribution >= 0.6 is 11.3 Å². The molecule has 1 saturated heterocycles. The summed E-state index contributed by atoms with van der Waals surface area (Å²) in [5, 5.41) is 8.56. The lowest BCUT2D eigenvalue weighted by Gasteiger charge is -2.22. The Morgan fingerprint density at radius 2 is 2.08 bits per heavy atom. The van der Waals surface area contributed by atoms with Crippen LogP contribution in [0.2, 0.25) is 0 Å². The number of benzene rings is 1. The van der Waals surface area contributed by atoms with Crippen molar-refractivity contribution in [3.05, 3.63) is 53.3 Å². The van der Waals surface area contributed by atoms with E-state index in [1.54, 1.807) is 12.3 Å². The van der Waals surface area contributed by atoms with Crippen molar-refractivity contribution in [2.45, 2.75) is 38.5 Å². The van der Waals surface area contributed by atoms with Gasteiger partial charge in [-0.2, -0.15) is 0 Å². The van der Waals surface area contributed by atoms with Crippen molar-refractivity contribution in [2.75, 3.05) is 25.1 Å². The summed E-state index contributed by atoms with van der Waals surface area (Å²) in [6.45, 7) is 8.36. The number of thiophene rings is 1. The summed E-state index contributed by atoms with van der Waals surface area (Å²) in [6, 6.07) is 8.16. The number of anilines is 1. The highest BCUT2D eigenvalue weighted by atomic mass is 32.1. The van der Waals surface area contributed by atoms with Crippen molar-refractivity contribution in [2.24, 2.45) is 0 Å². The van der Waals surface area contributed by atoms with Crippen molar-refractivity contribution in [1.29, 1.82) is 0 Å². The molecular formula is C27H27N5O3S. The van der Waals surface area contributed by atoms with Crippen LogP contribution < -0.4 is 10.6 Å². The molecule has 1 atom stereocenters. The average molecular weight is 502 g/mol. The summed E-state index contributed by atoms with van der Waals surface area (Å²) in [5.74, 6) is 0.512. The highest BCUT2D eigenvalue weighted by Gasteiger charge is 2.25. The molecule has 0 aliphatic carbocycles. The summed E-state index contributed by atoms with van der Waals surface area (Å²) in [6.07, 6.45) is 5.39. The standard InChI is InChI=1S/C27H27N5O3S/c1-3-22-28-13-16(14-35-17-8-10-34-11-9-17)24(32-22)20-5-4-18-19(31-20)6-7-21-23(18)25-26(36-21)27(33)30-15(2)12-29-25/h3-7,13,15,17,29H,1,8-12,14H2,2H3,(H,30,33)/t15-/m1/s1. The maximum absolute atomic E-state index is 12.7. The molecule has 0 bridgehead atoms. The minimum absolute atomic E-state index is 0.0338. The van der Waals surface area contributed by atoms with Crippen LogP contribution in [0.25, 0.3) is 38.5 Å². The zero-order valence-electron chi connectivity index (χ0n) is 20.0. The molecule has 0 radical (unpaired) electrons. The van der Waals surface area contributed by atoms with Crippen LogP contribution in [0.15, 0.2) is 37.0 Å². The second kappa shape index (κ2) is 9.57. The Labute approximate surface area is 212 Å². The first-order chi connectivity index (χ1) is 17.6. The highest BCUT2D eigenvalue weighted by molar-refractivity contribution is 7.21. The number of hydrogen-bond acceptors (Lipinski definition) is 8. The molecule has 2 N–H and O–H groups in total. The third-order valence-electron chi connectivity index (χ3n) is 6.64. The van der Waals surface area contributed by atoms with Gasteiger partial charge in [-0.25, -0.2) is 15.0 Å². The van der Waals surface area contributed by atoms with E-state index in [-0.39, 0.29) is 18.1 Å². The van der Waals surface area contributed by atoms with Crippen LogP contribution in [0.5, 0.6) is 0 Å². The predicted molar refractivity (Wildman–Crippen MR) is 142 cm³/mol. The number of fused-ring (bicyclic) bond motifs is 5. The minimum atomic E-state index is -0.0338. The summed E-state index contributed by atoms with van der Waals surface area (Å²) < 4.78 is 12.7. The minimum Gasteiger partial charge on any atom is -0.381 e. The number of ether oxygens (including phenoxy) is 2. The van der Waals surface area contributed by atoms with E-state index >= 15 is 0 Å². The smallest absolute Gasteiger partial charge is 0.263 e. The number of nitrogens with one attached hydrogen (secondary N) is 2. The fourth-order valence-electron chi connectivity index (χ4n) is 4.75. The van der Waals surface area contributed by atoms with Gasteiger partial charge in [-0.05, 0) is 50.1 Å². The molecule has 2 aliphatic heterocycles. The molecule has 3 aromatic heterocycles. The second-order valence-electron chi connectivity index (χ2n) is 9.19. The quantitative estimate of drug-likeness (QED) is 0.406. The SMILES string of the molecule is C=Cc1ncc(COC2CCOCC2)c(-c2ccc3c(ccc4sc5c(c43)NC[C@@H](C)NC5=O)n2)n1. The Balaban J connectivity index is 1.41. The van der Waals surface area contributed by atoms with Gasteiger partial charge in [-0.15, -0.1) is 11.3 Å². The van der Waals surface area contributed by atoms with E-state index in [1.807, 2.05) is 25.1 Å². The Hall–Kier alpha value is -3.40. The number of carbonyl (C=O) groups excluding carboxylic acids is 1. The zero-order chi connectivity index (χ0) is 24.6. The van der Waals surface area contributed by atoms with Gasteiger partial charge in [0.25, 0.3) is 5.91 Å². The number of hydrogen-bond donors (Lipinski definition) is 2. The summed E-state index contributed by atoms with van der Waals surface area (Å²) >= 11 is 1.51. The highest BCUT2D eigenvalue weighted by Crippen LogP contribution is 2.41. The van der Waals surface area contributed by atoms with Gasteiger partial charge in [0.1, 0.15) is 4.88 Å². The number of rotatable bonds is 5. The lowest BCUT2D eigenvalue weighted by Crippen LogP contribution is -2.34. The molecule has 0 spiro atoms. The maximum Gasteiger partial charge on any atom is 0.263 e. The Morgan fingerprint density at radius 3 is 2.92 bits per heavy atom. The molecule has 9 heteroatoms. The Kier molecular flexibility index (Phi) is 6.12. The molecule has 0 saturated carbocycles. The number of carbonyl (C=O) groups is 1. The van der Waals surface area contributed by atoms with Crippen molar-refractivity contribution in [1.82, 2.24) is 20.3 Å². The van der Waals surface area contributed by atoms with Gasteiger partial charge in [-0.1, -0.05) is 6.58 Å². The molecule has 184 valence electrons. The van der Waals surface area contributed by atoms with Crippen molar-refractivity contribution >= 4 is 50.0 Å². The summed E-state index contributed by atoms with van der Waals surface area (Å²) in [4.78, 5) is 27.6. The maximum atomic E-state index is 12.7. The van der Waals surface area contributed by atoms with Crippen LogP contribution in [-0.4, -0.2) is 52.8 Å². The molecular weight excluding hydrogens is 474 g/mol. The van der Waals surface area contributed by atoms with Gasteiger partial charge in [0.05, 0.1) is 35.3 Å². The molecule has 4 aromatic rings. The van der Waals surface area contributed by atoms with Crippen LogP contribution in [0.3, 0.4) is 0 Å². The number of aromatic nitrogens is 3. The Bertz CT molecular complexity index is 1480. The van der Waals surface area contributed by atoms with Crippen LogP contribution in [0.1, 0.15) is 40.8 Å². The molecule has 1 amide bonds. The van der Waals surface area contributed by atoms with E-state index < -0.39 is 0 Å². The fraction of sp³-hybridized carbons (Fsp3) is 0.333. The largest absolute Gasteiger partial charge is 0.381 e. The van der Waals surface area contributed by atoms with Gasteiger partial charge in [0.2, 0.25) is 0 Å². The van der Waals surface area contributed by atoms with Crippen molar-refractivity contribution in [3.8, 4) is 11.4 Å². The van der Waals surface area contributed by atoms with E-state index in [2.05, 4.69) is 28.3 Å². The summed E-state index contributed by atoms with van der Waals surface area (Å²) in [7, 11) is 0. The van der Waals surface area contributed by atoms with E-state index in [9.17, 15) is 4.79 Å². The van der Waals surface area contributed by atoms with Crippen LogP contribution in [0, 0.1) is 0 Å². The van der Waals surface area contributed by atoms with E-state index in [0.29, 0.717) is 23.9 Å². The number of nitrogens with zero attached hydrogens (tertiary/aromatic N) is 3. The lowest BCUT2D eigenvalue weighted by atomic mass is 10.1. The fourth-order valence-corrected chi connectivity index (χ4v) is 5.85. The van der Waals surface area contributed by atoms with Crippen molar-refractivity contribution in [3.63, 3.8) is 0 Å². The van der Waals surface area contributed by atoms with Crippen LogP contribution in [-0.2, 0) is 16.1 Å². The van der Waals surface area contributed by atoms with Gasteiger partial charge in [0.15, 0.2) is 5.82 Å². The number of amides is 1. The van der Waals surface area contributed by atoms with Gasteiger partial charge >= 0.3 is 0 Å².